The van der Waals surface area contributed by atoms with Crippen LogP contribution < -0.4 is 15.8 Å². The minimum absolute atomic E-state index is 0.0351. The first-order valence-electron chi connectivity index (χ1n) is 10.3. The molecule has 0 saturated heterocycles. The maximum absolute atomic E-state index is 12.8. The Bertz CT molecular complexity index is 1280. The fraction of sp³-hybridized carbons (Fsp3) is 0.333. The number of thiazole rings is 1. The van der Waals surface area contributed by atoms with Crippen LogP contribution in [0.5, 0.6) is 0 Å². The van der Waals surface area contributed by atoms with Crippen molar-refractivity contribution in [1.82, 2.24) is 20.3 Å². The summed E-state index contributed by atoms with van der Waals surface area (Å²) in [6, 6.07) is 3.73. The molecule has 1 amide bonds. The first-order valence-corrected chi connectivity index (χ1v) is 11.1. The van der Waals surface area contributed by atoms with Crippen LogP contribution in [-0.2, 0) is 22.8 Å². The molecule has 4 N–H and O–H groups in total. The second-order valence-electron chi connectivity index (χ2n) is 7.31. The molecule has 0 aliphatic rings. The van der Waals surface area contributed by atoms with Gasteiger partial charge in [0.15, 0.2) is 5.01 Å². The van der Waals surface area contributed by atoms with Crippen LogP contribution in [-0.4, -0.2) is 55.6 Å². The molecule has 11 nitrogen and oxygen atoms in total. The average molecular weight is 492 g/mol. The van der Waals surface area contributed by atoms with Crippen molar-refractivity contribution >= 4 is 45.1 Å². The molecule has 2 heterocycles. The lowest BCUT2D eigenvalue weighted by atomic mass is 10.1. The smallest absolute Gasteiger partial charge is 0.326 e. The van der Waals surface area contributed by atoms with E-state index in [4.69, 9.17) is 5.11 Å². The number of aliphatic carboxylic acids is 2. The molecule has 0 bridgehead atoms. The zero-order chi connectivity index (χ0) is 24.8. The normalized spacial score (nSPS) is 11.8. The van der Waals surface area contributed by atoms with E-state index in [0.29, 0.717) is 29.0 Å². The summed E-state index contributed by atoms with van der Waals surface area (Å²) in [4.78, 5) is 59.2. The lowest BCUT2D eigenvalue weighted by Gasteiger charge is -2.20. The van der Waals surface area contributed by atoms with E-state index in [9.17, 15) is 28.7 Å². The number of carbonyl (C=O) groups is 3. The van der Waals surface area contributed by atoms with E-state index in [1.165, 1.54) is 6.20 Å². The van der Waals surface area contributed by atoms with Gasteiger partial charge in [0.25, 0.3) is 11.5 Å². The van der Waals surface area contributed by atoms with Gasteiger partial charge in [-0.2, -0.15) is 0 Å². The predicted molar refractivity (Wildman–Crippen MR) is 122 cm³/mol. The fourth-order valence-electron chi connectivity index (χ4n) is 3.22. The van der Waals surface area contributed by atoms with E-state index in [2.05, 4.69) is 20.3 Å². The summed E-state index contributed by atoms with van der Waals surface area (Å²) in [5.41, 5.74) is 0.736. The molecule has 0 radical (unpaired) electrons. The lowest BCUT2D eigenvalue weighted by molar-refractivity contribution is -0.140. The zero-order valence-electron chi connectivity index (χ0n) is 18.1. The molecular formula is C21H22FN5O6S. The Morgan fingerprint density at radius 1 is 1.29 bits per heavy atom. The van der Waals surface area contributed by atoms with Crippen LogP contribution in [0.1, 0.15) is 41.0 Å². The number of carbonyl (C=O) groups excluding carboxylic acids is 1. The molecule has 13 heteroatoms. The number of alkyl halides is 1. The van der Waals surface area contributed by atoms with Crippen molar-refractivity contribution in [2.45, 2.75) is 39.0 Å². The number of aromatic nitrogens is 3. The third kappa shape index (κ3) is 5.92. The summed E-state index contributed by atoms with van der Waals surface area (Å²) in [5, 5.41) is 21.3. The van der Waals surface area contributed by atoms with E-state index < -0.39 is 42.5 Å². The molecule has 0 aliphatic carbocycles. The molecule has 2 aromatic heterocycles. The Balaban J connectivity index is 1.74. The molecule has 0 saturated carbocycles. The number of hydrogen-bond donors (Lipinski definition) is 4. The number of H-pyrrole nitrogens is 1. The Labute approximate surface area is 196 Å². The largest absolute Gasteiger partial charge is 0.481 e. The second kappa shape index (κ2) is 10.8. The highest BCUT2D eigenvalue weighted by Gasteiger charge is 2.23. The minimum Gasteiger partial charge on any atom is -0.481 e. The Hall–Kier alpha value is -3.87. The number of fused-ring (bicyclic) bond motifs is 1. The highest BCUT2D eigenvalue weighted by atomic mass is 32.1. The maximum atomic E-state index is 12.8. The first kappa shape index (κ1) is 24.8. The van der Waals surface area contributed by atoms with Crippen LogP contribution in [0, 0.1) is 0 Å². The van der Waals surface area contributed by atoms with Crippen LogP contribution in [0.25, 0.3) is 10.9 Å². The number of halogens is 1. The number of carboxylic acids is 2. The van der Waals surface area contributed by atoms with E-state index in [1.807, 2.05) is 11.8 Å². The van der Waals surface area contributed by atoms with E-state index in [-0.39, 0.29) is 17.3 Å². The van der Waals surface area contributed by atoms with Crippen molar-refractivity contribution in [3.05, 3.63) is 51.1 Å². The van der Waals surface area contributed by atoms with Gasteiger partial charge in [0, 0.05) is 19.5 Å². The monoisotopic (exact) mass is 491 g/mol. The van der Waals surface area contributed by atoms with E-state index in [1.54, 1.807) is 18.2 Å². The summed E-state index contributed by atoms with van der Waals surface area (Å²) in [6.45, 7) is 1.96. The summed E-state index contributed by atoms with van der Waals surface area (Å²) in [7, 11) is 0. The van der Waals surface area contributed by atoms with Gasteiger partial charge >= 0.3 is 11.9 Å². The lowest BCUT2D eigenvalue weighted by Crippen LogP contribution is -2.41. The van der Waals surface area contributed by atoms with Crippen molar-refractivity contribution in [1.29, 1.82) is 0 Å². The van der Waals surface area contributed by atoms with Gasteiger partial charge in [-0.25, -0.2) is 19.2 Å². The Morgan fingerprint density at radius 2 is 2.06 bits per heavy atom. The fourth-order valence-corrected chi connectivity index (χ4v) is 4.11. The molecule has 3 rings (SSSR count). The van der Waals surface area contributed by atoms with Crippen molar-refractivity contribution < 1.29 is 29.0 Å². The number of nitrogens with zero attached hydrogens (tertiary/aromatic N) is 3. The third-order valence-electron chi connectivity index (χ3n) is 4.95. The van der Waals surface area contributed by atoms with Gasteiger partial charge in [-0.05, 0) is 31.0 Å². The number of aromatic amines is 1. The van der Waals surface area contributed by atoms with E-state index >= 15 is 0 Å². The topological polar surface area (TPSA) is 166 Å². The number of rotatable bonds is 11. The van der Waals surface area contributed by atoms with Crippen molar-refractivity contribution in [2.24, 2.45) is 0 Å². The van der Waals surface area contributed by atoms with Gasteiger partial charge in [0.2, 0.25) is 0 Å². The third-order valence-corrected chi connectivity index (χ3v) is 6.01. The van der Waals surface area contributed by atoms with Crippen molar-refractivity contribution in [3.8, 4) is 0 Å². The average Bonchev–Trinajstić information content (AvgIpc) is 3.30. The minimum atomic E-state index is -1.35. The summed E-state index contributed by atoms with van der Waals surface area (Å²) >= 11 is 1.05. The quantitative estimate of drug-likeness (QED) is 0.313. The van der Waals surface area contributed by atoms with Gasteiger partial charge in [0.1, 0.15) is 23.5 Å². The van der Waals surface area contributed by atoms with Crippen molar-refractivity contribution in [2.75, 3.05) is 11.4 Å². The number of hydrogen-bond acceptors (Lipinski definition) is 8. The number of benzene rings is 1. The zero-order valence-corrected chi connectivity index (χ0v) is 18.9. The van der Waals surface area contributed by atoms with E-state index in [0.717, 1.165) is 16.9 Å². The first-order chi connectivity index (χ1) is 16.2. The second-order valence-corrected chi connectivity index (χ2v) is 8.32. The molecule has 0 spiro atoms. The molecule has 1 aromatic carbocycles. The molecule has 3 aromatic rings. The Kier molecular flexibility index (Phi) is 7.89. The predicted octanol–water partition coefficient (Wildman–Crippen LogP) is 1.92. The Morgan fingerprint density at radius 3 is 2.71 bits per heavy atom. The SMILES string of the molecule is CCN(Cc1ccc2nc(CF)[nH]c(=O)c2c1)c1cnc(C(=O)N[C@H](CCC(=O)O)C(=O)O)s1. The van der Waals surface area contributed by atoms with Gasteiger partial charge in [-0.3, -0.25) is 14.4 Å². The van der Waals surface area contributed by atoms with Crippen molar-refractivity contribution in [3.63, 3.8) is 0 Å². The molecule has 1 atom stereocenters. The summed E-state index contributed by atoms with van der Waals surface area (Å²) in [6.07, 6.45) is 0.834. The van der Waals surface area contributed by atoms with Crippen LogP contribution >= 0.6 is 11.3 Å². The molecule has 34 heavy (non-hydrogen) atoms. The van der Waals surface area contributed by atoms with Crippen LogP contribution in [0.15, 0.2) is 29.2 Å². The molecule has 0 fully saturated rings. The number of nitrogens with one attached hydrogen (secondary N) is 2. The highest BCUT2D eigenvalue weighted by molar-refractivity contribution is 7.17. The molecular weight excluding hydrogens is 469 g/mol. The van der Waals surface area contributed by atoms with Gasteiger partial charge < -0.3 is 25.4 Å². The number of anilines is 1. The summed E-state index contributed by atoms with van der Waals surface area (Å²) in [5.74, 6) is -3.24. The molecule has 180 valence electrons. The summed E-state index contributed by atoms with van der Waals surface area (Å²) < 4.78 is 12.8. The highest BCUT2D eigenvalue weighted by Crippen LogP contribution is 2.26. The number of carboxylic acid groups (broad SMARTS) is 2. The van der Waals surface area contributed by atoms with Crippen LogP contribution in [0.2, 0.25) is 0 Å². The number of amides is 1. The standard InChI is InChI=1S/C21H22FN5O6S/c1-2-27(10-11-3-4-13-12(7-11)18(30)26-15(8-22)24-13)16-9-23-20(34-16)19(31)25-14(21(32)33)5-6-17(28)29/h3-4,7,9,14H,2,5-6,8,10H2,1H3,(H,25,31)(H,28,29)(H,32,33)(H,24,26,30)/t14-/m1/s1. The van der Waals surface area contributed by atoms with Gasteiger partial charge in [-0.1, -0.05) is 17.4 Å². The van der Waals surface area contributed by atoms with Gasteiger partial charge in [0.05, 0.1) is 17.1 Å². The van der Waals surface area contributed by atoms with Crippen LogP contribution in [0.3, 0.4) is 0 Å². The van der Waals surface area contributed by atoms with Crippen LogP contribution in [0.4, 0.5) is 9.39 Å². The molecule has 0 unspecified atom stereocenters. The maximum Gasteiger partial charge on any atom is 0.326 e. The van der Waals surface area contributed by atoms with Gasteiger partial charge in [-0.15, -0.1) is 0 Å². The molecule has 0 aliphatic heterocycles.